The zero-order valence-electron chi connectivity index (χ0n) is 10.8. The number of nitrogens with zero attached hydrogens (tertiary/aromatic N) is 2. The lowest BCUT2D eigenvalue weighted by Crippen LogP contribution is -2.36. The summed E-state index contributed by atoms with van der Waals surface area (Å²) in [4.78, 5) is 0. The van der Waals surface area contributed by atoms with Crippen LogP contribution < -0.4 is 5.32 Å². The number of nitrogens with one attached hydrogen (secondary N) is 1. The van der Waals surface area contributed by atoms with Crippen LogP contribution in [0, 0.1) is 11.3 Å². The number of rotatable bonds is 2. The molecule has 0 spiro atoms. The SMILES string of the molecule is CC1CC(C)(C)CCC1Nc1cnn(C)c1. The summed E-state index contributed by atoms with van der Waals surface area (Å²) in [5.74, 6) is 0.740. The van der Waals surface area contributed by atoms with Gasteiger partial charge in [-0.25, -0.2) is 0 Å². The molecule has 0 saturated heterocycles. The van der Waals surface area contributed by atoms with Crippen molar-refractivity contribution in [1.29, 1.82) is 0 Å². The average Bonchev–Trinajstić information content (AvgIpc) is 2.56. The van der Waals surface area contributed by atoms with Gasteiger partial charge in [-0.3, -0.25) is 4.68 Å². The average molecular weight is 221 g/mol. The van der Waals surface area contributed by atoms with Gasteiger partial charge in [0.1, 0.15) is 0 Å². The fourth-order valence-corrected chi connectivity index (χ4v) is 2.87. The van der Waals surface area contributed by atoms with Gasteiger partial charge in [-0.1, -0.05) is 20.8 Å². The van der Waals surface area contributed by atoms with Crippen LogP contribution in [0.5, 0.6) is 0 Å². The van der Waals surface area contributed by atoms with Crippen molar-refractivity contribution in [1.82, 2.24) is 9.78 Å². The first-order chi connectivity index (χ1) is 7.46. The minimum atomic E-state index is 0.520. The molecular weight excluding hydrogens is 198 g/mol. The molecule has 1 fully saturated rings. The van der Waals surface area contributed by atoms with Gasteiger partial charge in [0.15, 0.2) is 0 Å². The molecule has 3 heteroatoms. The van der Waals surface area contributed by atoms with Gasteiger partial charge in [0.05, 0.1) is 11.9 Å². The van der Waals surface area contributed by atoms with E-state index in [4.69, 9.17) is 0 Å². The molecule has 1 saturated carbocycles. The van der Waals surface area contributed by atoms with Crippen LogP contribution in [-0.4, -0.2) is 15.8 Å². The van der Waals surface area contributed by atoms with E-state index in [-0.39, 0.29) is 0 Å². The fourth-order valence-electron chi connectivity index (χ4n) is 2.87. The van der Waals surface area contributed by atoms with Gasteiger partial charge in [-0.2, -0.15) is 5.10 Å². The number of hydrogen-bond acceptors (Lipinski definition) is 2. The number of hydrogen-bond donors (Lipinski definition) is 1. The normalized spacial score (nSPS) is 29.0. The molecule has 2 rings (SSSR count). The molecule has 1 aliphatic carbocycles. The lowest BCUT2D eigenvalue weighted by molar-refractivity contribution is 0.177. The molecule has 1 N–H and O–H groups in total. The molecule has 2 unspecified atom stereocenters. The molecule has 0 aliphatic heterocycles. The monoisotopic (exact) mass is 221 g/mol. The van der Waals surface area contributed by atoms with E-state index in [2.05, 4.69) is 31.2 Å². The third kappa shape index (κ3) is 2.57. The smallest absolute Gasteiger partial charge is 0.0728 e. The molecule has 90 valence electrons. The van der Waals surface area contributed by atoms with Crippen molar-refractivity contribution in [2.24, 2.45) is 18.4 Å². The summed E-state index contributed by atoms with van der Waals surface area (Å²) < 4.78 is 1.85. The zero-order chi connectivity index (χ0) is 11.8. The van der Waals surface area contributed by atoms with E-state index in [1.165, 1.54) is 19.3 Å². The Kier molecular flexibility index (Phi) is 2.96. The highest BCUT2D eigenvalue weighted by atomic mass is 15.3. The van der Waals surface area contributed by atoms with Gasteiger partial charge >= 0.3 is 0 Å². The van der Waals surface area contributed by atoms with E-state index in [0.717, 1.165) is 11.6 Å². The van der Waals surface area contributed by atoms with Crippen LogP contribution in [0.1, 0.15) is 40.0 Å². The lowest BCUT2D eigenvalue weighted by atomic mass is 9.70. The van der Waals surface area contributed by atoms with Gasteiger partial charge in [-0.05, 0) is 30.6 Å². The summed E-state index contributed by atoms with van der Waals surface area (Å²) in [6, 6.07) is 0.609. The van der Waals surface area contributed by atoms with E-state index in [0.29, 0.717) is 11.5 Å². The largest absolute Gasteiger partial charge is 0.380 e. The van der Waals surface area contributed by atoms with Crippen LogP contribution >= 0.6 is 0 Å². The van der Waals surface area contributed by atoms with E-state index in [9.17, 15) is 0 Å². The van der Waals surface area contributed by atoms with E-state index in [1.54, 1.807) is 0 Å². The number of aromatic nitrogens is 2. The molecule has 0 radical (unpaired) electrons. The van der Waals surface area contributed by atoms with E-state index >= 15 is 0 Å². The molecule has 2 atom stereocenters. The number of anilines is 1. The van der Waals surface area contributed by atoms with Gasteiger partial charge < -0.3 is 5.32 Å². The Labute approximate surface area is 98.2 Å². The standard InChI is InChI=1S/C13H23N3/c1-10-7-13(2,3)6-5-12(10)15-11-8-14-16(4)9-11/h8-10,12,15H,5-7H2,1-4H3. The molecule has 1 aromatic rings. The van der Waals surface area contributed by atoms with Crippen LogP contribution in [0.3, 0.4) is 0 Å². The third-order valence-corrected chi connectivity index (χ3v) is 3.75. The maximum absolute atomic E-state index is 4.19. The molecular formula is C13H23N3. The van der Waals surface area contributed by atoms with Crippen molar-refractivity contribution in [2.45, 2.75) is 46.1 Å². The maximum atomic E-state index is 4.19. The minimum absolute atomic E-state index is 0.520. The van der Waals surface area contributed by atoms with Crippen molar-refractivity contribution in [3.8, 4) is 0 Å². The zero-order valence-corrected chi connectivity index (χ0v) is 10.8. The van der Waals surface area contributed by atoms with Crippen LogP contribution in [0.15, 0.2) is 12.4 Å². The molecule has 1 heterocycles. The second-order valence-corrected chi connectivity index (χ2v) is 6.04. The fraction of sp³-hybridized carbons (Fsp3) is 0.769. The van der Waals surface area contributed by atoms with Gasteiger partial charge in [0.25, 0.3) is 0 Å². The lowest BCUT2D eigenvalue weighted by Gasteiger charge is -2.39. The van der Waals surface area contributed by atoms with Crippen molar-refractivity contribution in [3.63, 3.8) is 0 Å². The highest BCUT2D eigenvalue weighted by molar-refractivity contribution is 5.39. The van der Waals surface area contributed by atoms with E-state index in [1.807, 2.05) is 24.1 Å². The Bertz CT molecular complexity index is 354. The first-order valence-corrected chi connectivity index (χ1v) is 6.21. The molecule has 16 heavy (non-hydrogen) atoms. The quantitative estimate of drug-likeness (QED) is 0.832. The molecule has 1 aliphatic rings. The Morgan fingerprint density at radius 3 is 2.81 bits per heavy atom. The number of aryl methyl sites for hydroxylation is 1. The Morgan fingerprint density at radius 2 is 2.25 bits per heavy atom. The van der Waals surface area contributed by atoms with Crippen LogP contribution in [0.2, 0.25) is 0 Å². The predicted molar refractivity (Wildman–Crippen MR) is 67.4 cm³/mol. The summed E-state index contributed by atoms with van der Waals surface area (Å²) in [5, 5.41) is 7.80. The Balaban J connectivity index is 1.96. The Morgan fingerprint density at radius 1 is 1.50 bits per heavy atom. The first-order valence-electron chi connectivity index (χ1n) is 6.21. The van der Waals surface area contributed by atoms with Crippen LogP contribution in [0.4, 0.5) is 5.69 Å². The minimum Gasteiger partial charge on any atom is -0.380 e. The third-order valence-electron chi connectivity index (χ3n) is 3.75. The topological polar surface area (TPSA) is 29.9 Å². The highest BCUT2D eigenvalue weighted by Gasteiger charge is 2.32. The Hall–Kier alpha value is -0.990. The molecule has 0 bridgehead atoms. The maximum Gasteiger partial charge on any atom is 0.0728 e. The van der Waals surface area contributed by atoms with Crippen molar-refractivity contribution in [3.05, 3.63) is 12.4 Å². The summed E-state index contributed by atoms with van der Waals surface area (Å²) >= 11 is 0. The predicted octanol–water partition coefficient (Wildman–Crippen LogP) is 3.05. The van der Waals surface area contributed by atoms with Crippen LogP contribution in [0.25, 0.3) is 0 Å². The summed E-state index contributed by atoms with van der Waals surface area (Å²) in [5.41, 5.74) is 1.67. The van der Waals surface area contributed by atoms with Gasteiger partial charge in [0, 0.05) is 19.3 Å². The first kappa shape index (κ1) is 11.5. The second kappa shape index (κ2) is 4.11. The van der Waals surface area contributed by atoms with Crippen molar-refractivity contribution in [2.75, 3.05) is 5.32 Å². The second-order valence-electron chi connectivity index (χ2n) is 6.04. The molecule has 0 aromatic carbocycles. The summed E-state index contributed by atoms with van der Waals surface area (Å²) in [7, 11) is 1.96. The highest BCUT2D eigenvalue weighted by Crippen LogP contribution is 2.39. The van der Waals surface area contributed by atoms with Gasteiger partial charge in [-0.15, -0.1) is 0 Å². The molecule has 0 amide bonds. The van der Waals surface area contributed by atoms with Crippen molar-refractivity contribution < 1.29 is 0 Å². The molecule has 1 aromatic heterocycles. The summed E-state index contributed by atoms with van der Waals surface area (Å²) in [6.45, 7) is 7.11. The van der Waals surface area contributed by atoms with Crippen molar-refractivity contribution >= 4 is 5.69 Å². The van der Waals surface area contributed by atoms with E-state index < -0.39 is 0 Å². The molecule has 3 nitrogen and oxygen atoms in total. The summed E-state index contributed by atoms with van der Waals surface area (Å²) in [6.07, 6.45) is 7.85. The van der Waals surface area contributed by atoms with Crippen LogP contribution in [-0.2, 0) is 7.05 Å². The van der Waals surface area contributed by atoms with Gasteiger partial charge in [0.2, 0.25) is 0 Å².